The number of hydrogen-bond acceptors (Lipinski definition) is 3. The van der Waals surface area contributed by atoms with E-state index in [9.17, 15) is 14.0 Å². The van der Waals surface area contributed by atoms with Gasteiger partial charge in [-0.2, -0.15) is 0 Å². The normalized spacial score (nSPS) is 9.53. The third kappa shape index (κ3) is 3.45. The van der Waals surface area contributed by atoms with Crippen LogP contribution in [0, 0.1) is 18.2 Å². The van der Waals surface area contributed by atoms with Gasteiger partial charge in [-0.15, -0.1) is 6.42 Å². The Bertz CT molecular complexity index is 536. The first kappa shape index (κ1) is 14.5. The maximum absolute atomic E-state index is 13.7. The Morgan fingerprint density at radius 1 is 1.53 bits per heavy atom. The zero-order valence-corrected chi connectivity index (χ0v) is 10.2. The van der Waals surface area contributed by atoms with E-state index in [1.165, 1.54) is 19.2 Å². The van der Waals surface area contributed by atoms with Crippen LogP contribution in [0.1, 0.15) is 10.4 Å². The van der Waals surface area contributed by atoms with E-state index in [1.54, 1.807) is 0 Å². The van der Waals surface area contributed by atoms with Gasteiger partial charge in [-0.1, -0.05) is 12.0 Å². The van der Waals surface area contributed by atoms with Crippen molar-refractivity contribution >= 4 is 11.9 Å². The molecule has 0 radical (unpaired) electrons. The second-order valence-electron chi connectivity index (χ2n) is 3.58. The summed E-state index contributed by atoms with van der Waals surface area (Å²) >= 11 is 0. The zero-order chi connectivity index (χ0) is 14.4. The first-order valence-corrected chi connectivity index (χ1v) is 5.28. The van der Waals surface area contributed by atoms with Crippen molar-refractivity contribution in [2.24, 2.45) is 0 Å². The molecular formula is C13H12FNO4. The number of rotatable bonds is 5. The molecule has 0 unspecified atom stereocenters. The Morgan fingerprint density at radius 2 is 2.21 bits per heavy atom. The summed E-state index contributed by atoms with van der Waals surface area (Å²) in [5, 5.41) is 8.71. The summed E-state index contributed by atoms with van der Waals surface area (Å²) in [7, 11) is 1.29. The Kier molecular flexibility index (Phi) is 4.89. The molecule has 100 valence electrons. The van der Waals surface area contributed by atoms with Crippen molar-refractivity contribution < 1.29 is 23.8 Å². The topological polar surface area (TPSA) is 66.8 Å². The van der Waals surface area contributed by atoms with E-state index in [4.69, 9.17) is 16.3 Å². The zero-order valence-electron chi connectivity index (χ0n) is 10.2. The minimum Gasteiger partial charge on any atom is -0.496 e. The summed E-state index contributed by atoms with van der Waals surface area (Å²) < 4.78 is 18.6. The second-order valence-corrected chi connectivity index (χ2v) is 3.58. The number of aliphatic carboxylic acids is 1. The quantitative estimate of drug-likeness (QED) is 0.806. The van der Waals surface area contributed by atoms with Crippen LogP contribution < -0.4 is 4.74 Å². The van der Waals surface area contributed by atoms with Crippen LogP contribution in [0.25, 0.3) is 0 Å². The van der Waals surface area contributed by atoms with Gasteiger partial charge in [0.15, 0.2) is 0 Å². The molecule has 1 N–H and O–H groups in total. The molecule has 1 aromatic rings. The molecule has 0 fully saturated rings. The minimum atomic E-state index is -1.24. The fourth-order valence-electron chi connectivity index (χ4n) is 1.51. The molecule has 0 saturated heterocycles. The van der Waals surface area contributed by atoms with Gasteiger partial charge in [0, 0.05) is 0 Å². The van der Waals surface area contributed by atoms with Crippen molar-refractivity contribution in [1.29, 1.82) is 0 Å². The lowest BCUT2D eigenvalue weighted by Gasteiger charge is -2.19. The molecule has 0 spiro atoms. The van der Waals surface area contributed by atoms with Gasteiger partial charge in [0.2, 0.25) is 0 Å². The lowest BCUT2D eigenvalue weighted by Crippen LogP contribution is -2.36. The van der Waals surface area contributed by atoms with Crippen molar-refractivity contribution in [2.75, 3.05) is 20.2 Å². The number of ether oxygens (including phenoxy) is 1. The van der Waals surface area contributed by atoms with Crippen molar-refractivity contribution in [3.05, 3.63) is 29.6 Å². The maximum atomic E-state index is 13.7. The van der Waals surface area contributed by atoms with Crippen LogP contribution in [0.5, 0.6) is 5.75 Å². The number of halogens is 1. The standard InChI is InChI=1S/C13H12FNO4/c1-3-7-15(8-11(16)17)13(18)12-9(14)5-4-6-10(12)19-2/h1,4-6H,7-8H2,2H3,(H,16,17). The smallest absolute Gasteiger partial charge is 0.323 e. The highest BCUT2D eigenvalue weighted by atomic mass is 19.1. The van der Waals surface area contributed by atoms with Crippen LogP contribution in [0.15, 0.2) is 18.2 Å². The van der Waals surface area contributed by atoms with E-state index in [-0.39, 0.29) is 17.9 Å². The number of carboxylic acids is 1. The maximum Gasteiger partial charge on any atom is 0.323 e. The number of methoxy groups -OCH3 is 1. The first-order valence-electron chi connectivity index (χ1n) is 5.28. The Labute approximate surface area is 109 Å². The molecule has 0 aliphatic rings. The van der Waals surface area contributed by atoms with Crippen LogP contribution >= 0.6 is 0 Å². The highest BCUT2D eigenvalue weighted by molar-refractivity contribution is 5.98. The fraction of sp³-hybridized carbons (Fsp3) is 0.231. The molecule has 1 amide bonds. The number of carbonyl (C=O) groups is 2. The van der Waals surface area contributed by atoms with E-state index < -0.39 is 24.2 Å². The number of terminal acetylenes is 1. The first-order chi connectivity index (χ1) is 9.01. The minimum absolute atomic E-state index is 0.0254. The largest absolute Gasteiger partial charge is 0.496 e. The molecule has 0 bridgehead atoms. The van der Waals surface area contributed by atoms with Crippen LogP contribution in [-0.4, -0.2) is 42.1 Å². The van der Waals surface area contributed by atoms with Gasteiger partial charge in [-0.3, -0.25) is 9.59 Å². The molecule has 0 heterocycles. The lowest BCUT2D eigenvalue weighted by molar-refractivity contribution is -0.137. The monoisotopic (exact) mass is 265 g/mol. The Balaban J connectivity index is 3.16. The number of carboxylic acid groups (broad SMARTS) is 1. The van der Waals surface area contributed by atoms with Gasteiger partial charge < -0.3 is 14.7 Å². The van der Waals surface area contributed by atoms with Crippen LogP contribution in [0.3, 0.4) is 0 Å². The number of benzene rings is 1. The molecule has 1 rings (SSSR count). The van der Waals surface area contributed by atoms with E-state index in [2.05, 4.69) is 5.92 Å². The molecule has 0 aromatic heterocycles. The average Bonchev–Trinajstić information content (AvgIpc) is 2.36. The highest BCUT2D eigenvalue weighted by Crippen LogP contribution is 2.22. The lowest BCUT2D eigenvalue weighted by atomic mass is 10.1. The van der Waals surface area contributed by atoms with E-state index >= 15 is 0 Å². The molecule has 1 aromatic carbocycles. The number of amides is 1. The van der Waals surface area contributed by atoms with Gasteiger partial charge in [-0.25, -0.2) is 4.39 Å². The average molecular weight is 265 g/mol. The van der Waals surface area contributed by atoms with Gasteiger partial charge in [0.25, 0.3) is 5.91 Å². The fourth-order valence-corrected chi connectivity index (χ4v) is 1.51. The summed E-state index contributed by atoms with van der Waals surface area (Å²) in [5.41, 5.74) is -0.332. The van der Waals surface area contributed by atoms with Gasteiger partial charge >= 0.3 is 5.97 Å². The molecule has 6 heteroatoms. The summed E-state index contributed by atoms with van der Waals surface area (Å²) in [6.07, 6.45) is 5.07. The number of carbonyl (C=O) groups excluding carboxylic acids is 1. The molecular weight excluding hydrogens is 253 g/mol. The van der Waals surface area contributed by atoms with Crippen molar-refractivity contribution in [2.45, 2.75) is 0 Å². The summed E-state index contributed by atoms with van der Waals surface area (Å²) in [5.74, 6) is -0.671. The van der Waals surface area contributed by atoms with Crippen LogP contribution in [-0.2, 0) is 4.79 Å². The highest BCUT2D eigenvalue weighted by Gasteiger charge is 2.24. The molecule has 0 aliphatic carbocycles. The van der Waals surface area contributed by atoms with E-state index in [0.717, 1.165) is 11.0 Å². The van der Waals surface area contributed by atoms with Gasteiger partial charge in [0.05, 0.1) is 13.7 Å². The summed E-state index contributed by atoms with van der Waals surface area (Å²) in [6.45, 7) is -0.844. The van der Waals surface area contributed by atoms with Crippen molar-refractivity contribution in [3.8, 4) is 18.1 Å². The van der Waals surface area contributed by atoms with E-state index in [1.807, 2.05) is 0 Å². The predicted molar refractivity (Wildman–Crippen MR) is 65.3 cm³/mol. The SMILES string of the molecule is C#CCN(CC(=O)O)C(=O)c1c(F)cccc1OC. The predicted octanol–water partition coefficient (Wildman–Crippen LogP) is 0.994. The van der Waals surface area contributed by atoms with Crippen molar-refractivity contribution in [1.82, 2.24) is 4.90 Å². The van der Waals surface area contributed by atoms with Gasteiger partial charge in [0.1, 0.15) is 23.7 Å². The number of nitrogens with zero attached hydrogens (tertiary/aromatic N) is 1. The molecule has 5 nitrogen and oxygen atoms in total. The molecule has 0 atom stereocenters. The molecule has 0 saturated carbocycles. The molecule has 0 aliphatic heterocycles. The summed E-state index contributed by atoms with van der Waals surface area (Å²) in [6, 6.07) is 3.88. The van der Waals surface area contributed by atoms with Crippen LogP contribution in [0.4, 0.5) is 4.39 Å². The third-order valence-corrected chi connectivity index (χ3v) is 2.30. The number of hydrogen-bond donors (Lipinski definition) is 1. The Morgan fingerprint density at radius 3 is 2.74 bits per heavy atom. The molecule has 19 heavy (non-hydrogen) atoms. The van der Waals surface area contributed by atoms with E-state index in [0.29, 0.717) is 0 Å². The second kappa shape index (κ2) is 6.40. The Hall–Kier alpha value is -2.55. The third-order valence-electron chi connectivity index (χ3n) is 2.30. The van der Waals surface area contributed by atoms with Gasteiger partial charge in [-0.05, 0) is 12.1 Å². The van der Waals surface area contributed by atoms with Crippen LogP contribution in [0.2, 0.25) is 0 Å². The summed E-state index contributed by atoms with van der Waals surface area (Å²) in [4.78, 5) is 23.6. The van der Waals surface area contributed by atoms with Crippen molar-refractivity contribution in [3.63, 3.8) is 0 Å².